The van der Waals surface area contributed by atoms with Crippen LogP contribution < -0.4 is 9.47 Å². The van der Waals surface area contributed by atoms with E-state index in [1.54, 1.807) is 33.3 Å². The van der Waals surface area contributed by atoms with E-state index >= 15 is 0 Å². The summed E-state index contributed by atoms with van der Waals surface area (Å²) in [6.45, 7) is 1.78. The predicted molar refractivity (Wildman–Crippen MR) is 72.4 cm³/mol. The van der Waals surface area contributed by atoms with Gasteiger partial charge in [-0.05, 0) is 19.1 Å². The topological polar surface area (TPSA) is 68.7 Å². The van der Waals surface area contributed by atoms with E-state index in [9.17, 15) is 4.79 Å². The number of nitrogens with zero attached hydrogens (tertiary/aromatic N) is 1. The molecule has 0 unspecified atom stereocenters. The minimum Gasteiger partial charge on any atom is -0.497 e. The van der Waals surface area contributed by atoms with Crippen LogP contribution in [0.4, 0.5) is 0 Å². The number of hydrogen-bond donors (Lipinski definition) is 1. The van der Waals surface area contributed by atoms with Gasteiger partial charge in [-0.3, -0.25) is 0 Å². The summed E-state index contributed by atoms with van der Waals surface area (Å²) in [5.74, 6) is 0.288. The molecule has 100 valence electrons. The van der Waals surface area contributed by atoms with Crippen LogP contribution in [0.3, 0.4) is 0 Å². The van der Waals surface area contributed by atoms with E-state index in [1.807, 2.05) is 6.07 Å². The Morgan fingerprint density at radius 3 is 2.58 bits per heavy atom. The third-order valence-corrected chi connectivity index (χ3v) is 3.81. The Labute approximate surface area is 114 Å². The zero-order valence-corrected chi connectivity index (χ0v) is 11.6. The molecule has 1 heterocycles. The number of benzene rings is 1. The summed E-state index contributed by atoms with van der Waals surface area (Å²) in [7, 11) is 3.14. The van der Waals surface area contributed by atoms with Crippen LogP contribution in [0, 0.1) is 6.92 Å². The van der Waals surface area contributed by atoms with E-state index in [4.69, 9.17) is 14.6 Å². The van der Waals surface area contributed by atoms with Crippen molar-refractivity contribution >= 4 is 17.3 Å². The van der Waals surface area contributed by atoms with Crippen LogP contribution in [-0.4, -0.2) is 30.3 Å². The third-order valence-electron chi connectivity index (χ3n) is 2.63. The first-order valence-electron chi connectivity index (χ1n) is 5.50. The number of carboxylic acids is 1. The maximum absolute atomic E-state index is 10.9. The first-order chi connectivity index (χ1) is 9.06. The summed E-state index contributed by atoms with van der Waals surface area (Å²) < 4.78 is 10.5. The lowest BCUT2D eigenvalue weighted by Crippen LogP contribution is -1.93. The summed E-state index contributed by atoms with van der Waals surface area (Å²) in [5, 5.41) is 9.05. The Hall–Kier alpha value is -2.08. The molecule has 0 fully saturated rings. The van der Waals surface area contributed by atoms with Crippen molar-refractivity contribution in [3.63, 3.8) is 0 Å². The molecule has 1 N–H and O–H groups in total. The van der Waals surface area contributed by atoms with Gasteiger partial charge in [-0.15, -0.1) is 11.3 Å². The average Bonchev–Trinajstić information content (AvgIpc) is 2.80. The zero-order chi connectivity index (χ0) is 14.0. The van der Waals surface area contributed by atoms with Crippen molar-refractivity contribution in [1.29, 1.82) is 0 Å². The first kappa shape index (κ1) is 13.4. The van der Waals surface area contributed by atoms with Crippen molar-refractivity contribution in [2.75, 3.05) is 14.2 Å². The lowest BCUT2D eigenvalue weighted by atomic mass is 10.1. The Morgan fingerprint density at radius 1 is 1.32 bits per heavy atom. The van der Waals surface area contributed by atoms with Crippen molar-refractivity contribution in [1.82, 2.24) is 4.98 Å². The number of aromatic nitrogens is 1. The molecule has 1 aromatic heterocycles. The Kier molecular flexibility index (Phi) is 3.71. The monoisotopic (exact) mass is 279 g/mol. The second kappa shape index (κ2) is 5.27. The molecule has 0 amide bonds. The van der Waals surface area contributed by atoms with Gasteiger partial charge in [-0.25, -0.2) is 9.78 Å². The normalized spacial score (nSPS) is 10.3. The molecular formula is C13H13NO4S. The van der Waals surface area contributed by atoms with Crippen LogP contribution in [0.2, 0.25) is 0 Å². The molecule has 1 aromatic carbocycles. The van der Waals surface area contributed by atoms with Crippen LogP contribution in [0.5, 0.6) is 11.5 Å². The molecule has 0 aliphatic heterocycles. The van der Waals surface area contributed by atoms with Gasteiger partial charge in [-0.2, -0.15) is 0 Å². The summed E-state index contributed by atoms with van der Waals surface area (Å²) >= 11 is 1.13. The van der Waals surface area contributed by atoms with Gasteiger partial charge >= 0.3 is 5.97 Å². The number of hydrogen-bond acceptors (Lipinski definition) is 5. The predicted octanol–water partition coefficient (Wildman–Crippen LogP) is 2.83. The molecule has 19 heavy (non-hydrogen) atoms. The highest BCUT2D eigenvalue weighted by Gasteiger charge is 2.17. The van der Waals surface area contributed by atoms with Crippen molar-refractivity contribution in [2.45, 2.75) is 6.92 Å². The zero-order valence-electron chi connectivity index (χ0n) is 10.8. The Balaban J connectivity index is 2.55. The van der Waals surface area contributed by atoms with E-state index in [-0.39, 0.29) is 5.01 Å². The van der Waals surface area contributed by atoms with Gasteiger partial charge in [0.05, 0.1) is 24.8 Å². The van der Waals surface area contributed by atoms with E-state index in [0.29, 0.717) is 17.2 Å². The van der Waals surface area contributed by atoms with Gasteiger partial charge < -0.3 is 14.6 Å². The maximum atomic E-state index is 10.9. The second-order valence-corrected chi connectivity index (χ2v) is 4.80. The molecule has 2 aromatic rings. The standard InChI is InChI=1S/C13H13NO4S/c1-7-11(19-12(14-7)13(15)16)9-5-4-8(17-2)6-10(9)18-3/h4-6H,1-3H3,(H,15,16). The lowest BCUT2D eigenvalue weighted by molar-refractivity contribution is 0.0696. The third kappa shape index (κ3) is 2.53. The molecule has 0 atom stereocenters. The highest BCUT2D eigenvalue weighted by atomic mass is 32.1. The minimum absolute atomic E-state index is 0.0744. The Bertz CT molecular complexity index is 621. The molecule has 0 aliphatic carbocycles. The van der Waals surface area contributed by atoms with Gasteiger partial charge in [0, 0.05) is 11.6 Å². The van der Waals surface area contributed by atoms with Crippen LogP contribution in [-0.2, 0) is 0 Å². The van der Waals surface area contributed by atoms with E-state index in [0.717, 1.165) is 21.8 Å². The summed E-state index contributed by atoms with van der Waals surface area (Å²) in [6.07, 6.45) is 0. The van der Waals surface area contributed by atoms with Crippen molar-refractivity contribution in [3.05, 3.63) is 28.9 Å². The highest BCUT2D eigenvalue weighted by molar-refractivity contribution is 7.17. The molecule has 5 nitrogen and oxygen atoms in total. The van der Waals surface area contributed by atoms with Gasteiger partial charge in [-0.1, -0.05) is 0 Å². The van der Waals surface area contributed by atoms with Crippen molar-refractivity contribution in [3.8, 4) is 21.9 Å². The molecule has 0 saturated heterocycles. The van der Waals surface area contributed by atoms with Crippen molar-refractivity contribution in [2.24, 2.45) is 0 Å². The number of methoxy groups -OCH3 is 2. The largest absolute Gasteiger partial charge is 0.497 e. The van der Waals surface area contributed by atoms with Crippen LogP contribution in [0.1, 0.15) is 15.5 Å². The van der Waals surface area contributed by atoms with E-state index in [1.165, 1.54) is 0 Å². The molecule has 0 radical (unpaired) electrons. The molecular weight excluding hydrogens is 266 g/mol. The minimum atomic E-state index is -1.02. The molecule has 0 bridgehead atoms. The first-order valence-corrected chi connectivity index (χ1v) is 6.31. The van der Waals surface area contributed by atoms with Gasteiger partial charge in [0.2, 0.25) is 5.01 Å². The summed E-state index contributed by atoms with van der Waals surface area (Å²) in [4.78, 5) is 15.8. The van der Waals surface area contributed by atoms with Crippen molar-refractivity contribution < 1.29 is 19.4 Å². The van der Waals surface area contributed by atoms with Gasteiger partial charge in [0.25, 0.3) is 0 Å². The second-order valence-electron chi connectivity index (χ2n) is 3.80. The highest BCUT2D eigenvalue weighted by Crippen LogP contribution is 2.38. The molecule has 0 spiro atoms. The van der Waals surface area contributed by atoms with Crippen LogP contribution in [0.15, 0.2) is 18.2 Å². The number of aromatic carboxylic acids is 1. The number of thiazole rings is 1. The van der Waals surface area contributed by atoms with Gasteiger partial charge in [0.15, 0.2) is 0 Å². The quantitative estimate of drug-likeness (QED) is 0.932. The van der Waals surface area contributed by atoms with Crippen LogP contribution in [0.25, 0.3) is 10.4 Å². The number of aryl methyl sites for hydroxylation is 1. The smallest absolute Gasteiger partial charge is 0.365 e. The van der Waals surface area contributed by atoms with E-state index < -0.39 is 5.97 Å². The fourth-order valence-electron chi connectivity index (χ4n) is 1.72. The summed E-state index contributed by atoms with van der Waals surface area (Å²) in [6, 6.07) is 5.40. The number of carbonyl (C=O) groups is 1. The molecule has 2 rings (SSSR count). The average molecular weight is 279 g/mol. The summed E-state index contributed by atoms with van der Waals surface area (Å²) in [5.41, 5.74) is 1.48. The van der Waals surface area contributed by atoms with E-state index in [2.05, 4.69) is 4.98 Å². The fraction of sp³-hybridized carbons (Fsp3) is 0.231. The fourth-order valence-corrected chi connectivity index (χ4v) is 2.66. The SMILES string of the molecule is COc1ccc(-c2sc(C(=O)O)nc2C)c(OC)c1. The number of carboxylic acid groups (broad SMARTS) is 1. The van der Waals surface area contributed by atoms with Gasteiger partial charge in [0.1, 0.15) is 11.5 Å². The molecule has 6 heteroatoms. The molecule has 0 aliphatic rings. The number of ether oxygens (including phenoxy) is 2. The lowest BCUT2D eigenvalue weighted by Gasteiger charge is -2.09. The number of rotatable bonds is 4. The maximum Gasteiger partial charge on any atom is 0.365 e. The molecule has 0 saturated carbocycles. The Morgan fingerprint density at radius 2 is 2.05 bits per heavy atom. The van der Waals surface area contributed by atoms with Crippen LogP contribution >= 0.6 is 11.3 Å².